The Labute approximate surface area is 149 Å². The molecule has 1 fully saturated rings. The van der Waals surface area contributed by atoms with E-state index in [0.29, 0.717) is 12.1 Å². The molecule has 1 atom stereocenters. The SMILES string of the molecule is Cc1ccc2c(C(=O)NC[C@@H](O)CN3CCCCC3)c(C)ccc2c1. The maximum Gasteiger partial charge on any atom is 0.252 e. The van der Waals surface area contributed by atoms with Gasteiger partial charge in [-0.15, -0.1) is 0 Å². The molecule has 2 aromatic rings. The van der Waals surface area contributed by atoms with Crippen LogP contribution in [0.5, 0.6) is 0 Å². The summed E-state index contributed by atoms with van der Waals surface area (Å²) in [6.07, 6.45) is 3.16. The number of fused-ring (bicyclic) bond motifs is 1. The first-order valence-electron chi connectivity index (χ1n) is 9.23. The van der Waals surface area contributed by atoms with Gasteiger partial charge in [-0.05, 0) is 56.1 Å². The van der Waals surface area contributed by atoms with E-state index in [-0.39, 0.29) is 12.5 Å². The van der Waals surface area contributed by atoms with Gasteiger partial charge >= 0.3 is 0 Å². The average Bonchev–Trinajstić information content (AvgIpc) is 2.60. The topological polar surface area (TPSA) is 52.6 Å². The summed E-state index contributed by atoms with van der Waals surface area (Å²) >= 11 is 0. The highest BCUT2D eigenvalue weighted by molar-refractivity contribution is 6.08. The van der Waals surface area contributed by atoms with Crippen LogP contribution in [0.25, 0.3) is 10.8 Å². The van der Waals surface area contributed by atoms with E-state index in [1.165, 1.54) is 24.8 Å². The predicted molar refractivity (Wildman–Crippen MR) is 102 cm³/mol. The lowest BCUT2D eigenvalue weighted by Gasteiger charge is -2.28. The summed E-state index contributed by atoms with van der Waals surface area (Å²) in [7, 11) is 0. The molecule has 4 nitrogen and oxygen atoms in total. The molecule has 0 radical (unpaired) electrons. The fourth-order valence-electron chi connectivity index (χ4n) is 3.66. The monoisotopic (exact) mass is 340 g/mol. The molecular formula is C21H28N2O2. The number of carbonyl (C=O) groups excluding carboxylic acids is 1. The Morgan fingerprint density at radius 2 is 1.92 bits per heavy atom. The second kappa shape index (κ2) is 7.98. The van der Waals surface area contributed by atoms with Crippen molar-refractivity contribution < 1.29 is 9.90 Å². The Balaban J connectivity index is 1.66. The van der Waals surface area contributed by atoms with Crippen LogP contribution in [0.15, 0.2) is 30.3 Å². The average molecular weight is 340 g/mol. The Kier molecular flexibility index (Phi) is 5.71. The van der Waals surface area contributed by atoms with Gasteiger partial charge in [-0.3, -0.25) is 4.79 Å². The van der Waals surface area contributed by atoms with Crippen molar-refractivity contribution in [2.45, 2.75) is 39.2 Å². The quantitative estimate of drug-likeness (QED) is 0.880. The molecule has 0 aromatic heterocycles. The zero-order valence-electron chi connectivity index (χ0n) is 15.2. The number of hydrogen-bond acceptors (Lipinski definition) is 3. The molecule has 3 rings (SSSR count). The first-order valence-corrected chi connectivity index (χ1v) is 9.23. The highest BCUT2D eigenvalue weighted by atomic mass is 16.3. The van der Waals surface area contributed by atoms with Crippen molar-refractivity contribution >= 4 is 16.7 Å². The third-order valence-electron chi connectivity index (χ3n) is 5.03. The third-order valence-corrected chi connectivity index (χ3v) is 5.03. The highest BCUT2D eigenvalue weighted by Gasteiger charge is 2.17. The summed E-state index contributed by atoms with van der Waals surface area (Å²) in [5.74, 6) is -0.107. The molecule has 0 aliphatic carbocycles. The van der Waals surface area contributed by atoms with Gasteiger partial charge in [0.1, 0.15) is 0 Å². The maximum absolute atomic E-state index is 12.7. The predicted octanol–water partition coefficient (Wildman–Crippen LogP) is 3.03. The van der Waals surface area contributed by atoms with Crippen molar-refractivity contribution in [3.05, 3.63) is 47.0 Å². The van der Waals surface area contributed by atoms with Crippen LogP contribution in [0, 0.1) is 13.8 Å². The lowest BCUT2D eigenvalue weighted by atomic mass is 9.97. The van der Waals surface area contributed by atoms with Crippen molar-refractivity contribution in [1.82, 2.24) is 10.2 Å². The van der Waals surface area contributed by atoms with Crippen LogP contribution in [-0.2, 0) is 0 Å². The van der Waals surface area contributed by atoms with Crippen molar-refractivity contribution in [2.75, 3.05) is 26.2 Å². The van der Waals surface area contributed by atoms with Gasteiger partial charge in [0.05, 0.1) is 11.7 Å². The molecule has 1 heterocycles. The number of nitrogens with one attached hydrogen (secondary N) is 1. The number of aliphatic hydroxyl groups excluding tert-OH is 1. The normalized spacial score (nSPS) is 16.8. The largest absolute Gasteiger partial charge is 0.390 e. The first kappa shape index (κ1) is 17.9. The molecule has 4 heteroatoms. The zero-order valence-corrected chi connectivity index (χ0v) is 15.2. The van der Waals surface area contributed by atoms with Gasteiger partial charge < -0.3 is 15.3 Å². The van der Waals surface area contributed by atoms with Gasteiger partial charge in [0.15, 0.2) is 0 Å². The number of likely N-dealkylation sites (tertiary alicyclic amines) is 1. The summed E-state index contributed by atoms with van der Waals surface area (Å²) in [4.78, 5) is 15.0. The summed E-state index contributed by atoms with van der Waals surface area (Å²) in [5.41, 5.74) is 2.85. The van der Waals surface area contributed by atoms with Crippen LogP contribution in [0.2, 0.25) is 0 Å². The fourth-order valence-corrected chi connectivity index (χ4v) is 3.66. The van der Waals surface area contributed by atoms with Crippen molar-refractivity contribution in [1.29, 1.82) is 0 Å². The molecule has 25 heavy (non-hydrogen) atoms. The fraction of sp³-hybridized carbons (Fsp3) is 0.476. The number of amides is 1. The second-order valence-corrected chi connectivity index (χ2v) is 7.21. The van der Waals surface area contributed by atoms with Crippen LogP contribution >= 0.6 is 0 Å². The third kappa shape index (κ3) is 4.39. The van der Waals surface area contributed by atoms with Gasteiger partial charge in [-0.25, -0.2) is 0 Å². The Hall–Kier alpha value is -1.91. The van der Waals surface area contributed by atoms with Gasteiger partial charge in [-0.2, -0.15) is 0 Å². The van der Waals surface area contributed by atoms with E-state index >= 15 is 0 Å². The number of aliphatic hydroxyl groups is 1. The standard InChI is InChI=1S/C21H28N2O2/c1-15-6-9-19-17(12-15)8-7-16(2)20(19)21(25)22-13-18(24)14-23-10-4-3-5-11-23/h6-9,12,18,24H,3-5,10-11,13-14H2,1-2H3,(H,22,25)/t18-/m1/s1. The van der Waals surface area contributed by atoms with Gasteiger partial charge in [0, 0.05) is 13.1 Å². The lowest BCUT2D eigenvalue weighted by Crippen LogP contribution is -2.42. The van der Waals surface area contributed by atoms with Gasteiger partial charge in [0.2, 0.25) is 0 Å². The number of carbonyl (C=O) groups is 1. The molecule has 1 aliphatic heterocycles. The van der Waals surface area contributed by atoms with E-state index < -0.39 is 6.10 Å². The number of β-amino-alcohol motifs (C(OH)–C–C–N with tert-alkyl or cyclic N) is 1. The molecule has 0 spiro atoms. The summed E-state index contributed by atoms with van der Waals surface area (Å²) in [6, 6.07) is 10.2. The summed E-state index contributed by atoms with van der Waals surface area (Å²) in [5, 5.41) is 15.2. The van der Waals surface area contributed by atoms with Gasteiger partial charge in [0.25, 0.3) is 5.91 Å². The molecule has 0 bridgehead atoms. The smallest absolute Gasteiger partial charge is 0.252 e. The lowest BCUT2D eigenvalue weighted by molar-refractivity contribution is 0.0831. The number of benzene rings is 2. The van der Waals surface area contributed by atoms with E-state index in [1.807, 2.05) is 25.1 Å². The molecule has 1 saturated heterocycles. The molecule has 1 amide bonds. The highest BCUT2D eigenvalue weighted by Crippen LogP contribution is 2.23. The first-order chi connectivity index (χ1) is 12.0. The van der Waals surface area contributed by atoms with Crippen molar-refractivity contribution in [3.63, 3.8) is 0 Å². The van der Waals surface area contributed by atoms with E-state index in [4.69, 9.17) is 0 Å². The van der Waals surface area contributed by atoms with E-state index in [2.05, 4.69) is 29.3 Å². The van der Waals surface area contributed by atoms with Crippen LogP contribution < -0.4 is 5.32 Å². The molecular weight excluding hydrogens is 312 g/mol. The second-order valence-electron chi connectivity index (χ2n) is 7.21. The maximum atomic E-state index is 12.7. The van der Waals surface area contributed by atoms with Crippen LogP contribution in [0.1, 0.15) is 40.7 Å². The molecule has 0 saturated carbocycles. The number of nitrogens with zero attached hydrogens (tertiary/aromatic N) is 1. The Bertz CT molecular complexity index is 751. The Morgan fingerprint density at radius 3 is 2.68 bits per heavy atom. The van der Waals surface area contributed by atoms with Crippen LogP contribution in [0.4, 0.5) is 0 Å². The summed E-state index contributed by atoms with van der Waals surface area (Å²) < 4.78 is 0. The molecule has 0 unspecified atom stereocenters. The summed E-state index contributed by atoms with van der Waals surface area (Å²) in [6.45, 7) is 7.03. The van der Waals surface area contributed by atoms with E-state index in [1.54, 1.807) is 0 Å². The zero-order chi connectivity index (χ0) is 17.8. The van der Waals surface area contributed by atoms with Crippen molar-refractivity contribution in [2.24, 2.45) is 0 Å². The van der Waals surface area contributed by atoms with Crippen LogP contribution in [0.3, 0.4) is 0 Å². The van der Waals surface area contributed by atoms with E-state index in [0.717, 1.165) is 29.4 Å². The molecule has 134 valence electrons. The molecule has 2 aromatic carbocycles. The minimum Gasteiger partial charge on any atom is -0.390 e. The molecule has 2 N–H and O–H groups in total. The Morgan fingerprint density at radius 1 is 1.16 bits per heavy atom. The van der Waals surface area contributed by atoms with Gasteiger partial charge in [-0.1, -0.05) is 42.3 Å². The number of hydrogen-bond donors (Lipinski definition) is 2. The van der Waals surface area contributed by atoms with E-state index in [9.17, 15) is 9.90 Å². The van der Waals surface area contributed by atoms with Crippen LogP contribution in [-0.4, -0.2) is 48.2 Å². The number of rotatable bonds is 5. The minimum absolute atomic E-state index is 0.107. The number of piperidine rings is 1. The number of aryl methyl sites for hydroxylation is 2. The minimum atomic E-state index is -0.528. The van der Waals surface area contributed by atoms with Crippen molar-refractivity contribution in [3.8, 4) is 0 Å². The molecule has 1 aliphatic rings.